The number of anilines is 1. The number of amides is 3. The molecule has 2 heterocycles. The first-order valence-electron chi connectivity index (χ1n) is 5.13. The maximum atomic E-state index is 11.4. The van der Waals surface area contributed by atoms with Gasteiger partial charge in [0.2, 0.25) is 0 Å². The van der Waals surface area contributed by atoms with Gasteiger partial charge in [0.1, 0.15) is 5.00 Å². The Morgan fingerprint density at radius 1 is 1.28 bits per heavy atom. The molecule has 8 heteroatoms. The molecule has 0 atom stereocenters. The standard InChI is InChI=1S/C10H11N3O4S/c11-7(14)6-4-1-2-17-3-5(4)18-10(6)13-9(16)8(12)15/h1-3H2,(H2,11,14)(H2,12,15)(H,13,16). The van der Waals surface area contributed by atoms with Gasteiger partial charge in [-0.1, -0.05) is 0 Å². The van der Waals surface area contributed by atoms with E-state index in [0.717, 1.165) is 10.4 Å². The first kappa shape index (κ1) is 12.5. The third-order valence-electron chi connectivity index (χ3n) is 2.52. The zero-order valence-corrected chi connectivity index (χ0v) is 10.1. The summed E-state index contributed by atoms with van der Waals surface area (Å²) in [5.74, 6) is -2.74. The van der Waals surface area contributed by atoms with Crippen molar-refractivity contribution in [2.75, 3.05) is 11.9 Å². The molecule has 0 unspecified atom stereocenters. The van der Waals surface area contributed by atoms with Crippen molar-refractivity contribution >= 4 is 34.1 Å². The van der Waals surface area contributed by atoms with Gasteiger partial charge in [-0.15, -0.1) is 11.3 Å². The molecule has 0 radical (unpaired) electrons. The molecule has 1 aromatic heterocycles. The Kier molecular flexibility index (Phi) is 3.30. The van der Waals surface area contributed by atoms with Crippen LogP contribution in [0.1, 0.15) is 20.8 Å². The van der Waals surface area contributed by atoms with E-state index in [-0.39, 0.29) is 10.6 Å². The van der Waals surface area contributed by atoms with E-state index in [1.165, 1.54) is 11.3 Å². The van der Waals surface area contributed by atoms with Gasteiger partial charge < -0.3 is 21.5 Å². The first-order chi connectivity index (χ1) is 8.50. The van der Waals surface area contributed by atoms with Gasteiger partial charge in [0, 0.05) is 4.88 Å². The molecular formula is C10H11N3O4S. The summed E-state index contributed by atoms with van der Waals surface area (Å²) in [5, 5.41) is 2.55. The van der Waals surface area contributed by atoms with Gasteiger partial charge >= 0.3 is 11.8 Å². The summed E-state index contributed by atoms with van der Waals surface area (Å²) in [5.41, 5.74) is 11.2. The molecule has 18 heavy (non-hydrogen) atoms. The van der Waals surface area contributed by atoms with Gasteiger partial charge in [-0.05, 0) is 12.0 Å². The highest BCUT2D eigenvalue weighted by Gasteiger charge is 2.26. The average Bonchev–Trinajstić information content (AvgIpc) is 2.66. The van der Waals surface area contributed by atoms with Crippen LogP contribution in [0.15, 0.2) is 0 Å². The van der Waals surface area contributed by atoms with Crippen LogP contribution in [0, 0.1) is 0 Å². The SMILES string of the molecule is NC(=O)C(=O)Nc1sc2c(c1C(N)=O)CCOC2. The Morgan fingerprint density at radius 3 is 2.61 bits per heavy atom. The summed E-state index contributed by atoms with van der Waals surface area (Å²) in [6, 6.07) is 0. The lowest BCUT2D eigenvalue weighted by atomic mass is 10.1. The van der Waals surface area contributed by atoms with Gasteiger partial charge in [0.25, 0.3) is 5.91 Å². The number of carbonyl (C=O) groups excluding carboxylic acids is 3. The van der Waals surface area contributed by atoms with Crippen molar-refractivity contribution in [2.45, 2.75) is 13.0 Å². The molecule has 3 amide bonds. The number of hydrogen-bond donors (Lipinski definition) is 3. The fourth-order valence-electron chi connectivity index (χ4n) is 1.75. The van der Waals surface area contributed by atoms with Crippen molar-refractivity contribution in [1.29, 1.82) is 0 Å². The molecule has 2 rings (SSSR count). The van der Waals surface area contributed by atoms with Crippen LogP contribution in [0.3, 0.4) is 0 Å². The zero-order valence-electron chi connectivity index (χ0n) is 9.32. The van der Waals surface area contributed by atoms with Gasteiger partial charge in [0.15, 0.2) is 0 Å². The van der Waals surface area contributed by atoms with Gasteiger partial charge in [-0.25, -0.2) is 0 Å². The van der Waals surface area contributed by atoms with Crippen LogP contribution >= 0.6 is 11.3 Å². The van der Waals surface area contributed by atoms with Crippen LogP contribution < -0.4 is 16.8 Å². The summed E-state index contributed by atoms with van der Waals surface area (Å²) < 4.78 is 5.25. The van der Waals surface area contributed by atoms with Crippen molar-refractivity contribution in [3.8, 4) is 0 Å². The number of fused-ring (bicyclic) bond motifs is 1. The lowest BCUT2D eigenvalue weighted by Crippen LogP contribution is -2.30. The van der Waals surface area contributed by atoms with E-state index < -0.39 is 17.7 Å². The molecular weight excluding hydrogens is 258 g/mol. The van der Waals surface area contributed by atoms with Crippen LogP contribution in [0.5, 0.6) is 0 Å². The molecule has 1 aliphatic heterocycles. The molecule has 5 N–H and O–H groups in total. The predicted octanol–water partition coefficient (Wildman–Crippen LogP) is -0.657. The molecule has 7 nitrogen and oxygen atoms in total. The highest BCUT2D eigenvalue weighted by atomic mass is 32.1. The third kappa shape index (κ3) is 2.20. The molecule has 0 saturated heterocycles. The van der Waals surface area contributed by atoms with Crippen LogP contribution in [0.4, 0.5) is 5.00 Å². The Balaban J connectivity index is 2.40. The van der Waals surface area contributed by atoms with Crippen LogP contribution in [0.25, 0.3) is 0 Å². The van der Waals surface area contributed by atoms with Crippen LogP contribution in [-0.2, 0) is 27.4 Å². The zero-order chi connectivity index (χ0) is 13.3. The monoisotopic (exact) mass is 269 g/mol. The highest BCUT2D eigenvalue weighted by Crippen LogP contribution is 2.36. The van der Waals surface area contributed by atoms with Crippen molar-refractivity contribution in [1.82, 2.24) is 0 Å². The fourth-order valence-corrected chi connectivity index (χ4v) is 2.93. The number of carbonyl (C=O) groups is 3. The largest absolute Gasteiger partial charge is 0.376 e. The second-order valence-corrected chi connectivity index (χ2v) is 4.80. The maximum Gasteiger partial charge on any atom is 0.314 e. The van der Waals surface area contributed by atoms with Crippen molar-refractivity contribution in [2.24, 2.45) is 11.5 Å². The van der Waals surface area contributed by atoms with Gasteiger partial charge in [0.05, 0.1) is 18.8 Å². The van der Waals surface area contributed by atoms with Crippen LogP contribution in [-0.4, -0.2) is 24.3 Å². The van der Waals surface area contributed by atoms with E-state index in [0.29, 0.717) is 19.6 Å². The molecule has 96 valence electrons. The lowest BCUT2D eigenvalue weighted by molar-refractivity contribution is -0.134. The summed E-state index contributed by atoms with van der Waals surface area (Å²) in [6.07, 6.45) is 0.552. The molecule has 1 aliphatic rings. The second kappa shape index (κ2) is 4.75. The quantitative estimate of drug-likeness (QED) is 0.616. The highest BCUT2D eigenvalue weighted by molar-refractivity contribution is 7.17. The molecule has 0 aliphatic carbocycles. The molecule has 0 bridgehead atoms. The Labute approximate surface area is 106 Å². The van der Waals surface area contributed by atoms with E-state index >= 15 is 0 Å². The molecule has 0 spiro atoms. The van der Waals surface area contributed by atoms with Gasteiger partial charge in [-0.2, -0.15) is 0 Å². The van der Waals surface area contributed by atoms with E-state index in [2.05, 4.69) is 5.32 Å². The third-order valence-corrected chi connectivity index (χ3v) is 3.64. The van der Waals surface area contributed by atoms with E-state index in [4.69, 9.17) is 16.2 Å². The number of hydrogen-bond acceptors (Lipinski definition) is 5. The van der Waals surface area contributed by atoms with Crippen molar-refractivity contribution in [3.05, 3.63) is 16.0 Å². The number of nitrogens with two attached hydrogens (primary N) is 2. The molecule has 1 aromatic rings. The summed E-state index contributed by atoms with van der Waals surface area (Å²) in [7, 11) is 0. The minimum atomic E-state index is -1.12. The Hall–Kier alpha value is -1.93. The smallest absolute Gasteiger partial charge is 0.314 e. The summed E-state index contributed by atoms with van der Waals surface area (Å²) in [4.78, 5) is 34.2. The van der Waals surface area contributed by atoms with E-state index in [1.807, 2.05) is 0 Å². The first-order valence-corrected chi connectivity index (χ1v) is 5.95. The maximum absolute atomic E-state index is 11.4. The molecule has 0 fully saturated rings. The summed E-state index contributed by atoms with van der Waals surface area (Å²) in [6.45, 7) is 0.861. The topological polar surface area (TPSA) is 125 Å². The lowest BCUT2D eigenvalue weighted by Gasteiger charge is -2.12. The van der Waals surface area contributed by atoms with Crippen LogP contribution in [0.2, 0.25) is 0 Å². The van der Waals surface area contributed by atoms with Gasteiger partial charge in [-0.3, -0.25) is 14.4 Å². The van der Waals surface area contributed by atoms with E-state index in [1.54, 1.807) is 0 Å². The van der Waals surface area contributed by atoms with Crippen molar-refractivity contribution in [3.63, 3.8) is 0 Å². The predicted molar refractivity (Wildman–Crippen MR) is 64.0 cm³/mol. The summed E-state index contributed by atoms with van der Waals surface area (Å²) >= 11 is 1.17. The number of thiophene rings is 1. The number of nitrogens with one attached hydrogen (secondary N) is 1. The van der Waals surface area contributed by atoms with Crippen molar-refractivity contribution < 1.29 is 19.1 Å². The second-order valence-electron chi connectivity index (χ2n) is 3.69. The number of ether oxygens (including phenoxy) is 1. The number of rotatable bonds is 2. The minimum absolute atomic E-state index is 0.243. The normalized spacial score (nSPS) is 13.8. The minimum Gasteiger partial charge on any atom is -0.376 e. The molecule has 0 aromatic carbocycles. The number of primary amides is 2. The Bertz CT molecular complexity index is 537. The Morgan fingerprint density at radius 2 is 2.00 bits per heavy atom. The average molecular weight is 269 g/mol. The molecule has 0 saturated carbocycles. The fraction of sp³-hybridized carbons (Fsp3) is 0.300. The van der Waals surface area contributed by atoms with E-state index in [9.17, 15) is 14.4 Å².